The van der Waals surface area contributed by atoms with E-state index in [1.807, 2.05) is 39.0 Å². The highest BCUT2D eigenvalue weighted by Gasteiger charge is 2.37. The number of hydrogen-bond donors (Lipinski definition) is 0. The van der Waals surface area contributed by atoms with E-state index in [4.69, 9.17) is 14.0 Å². The second-order valence-corrected chi connectivity index (χ2v) is 8.69. The van der Waals surface area contributed by atoms with E-state index in [2.05, 4.69) is 0 Å². The van der Waals surface area contributed by atoms with Gasteiger partial charge in [-0.1, -0.05) is 35.9 Å². The number of methoxy groups -OCH3 is 1. The fourth-order valence-electron chi connectivity index (χ4n) is 3.01. The van der Waals surface area contributed by atoms with Crippen LogP contribution in [0.1, 0.15) is 27.0 Å². The first kappa shape index (κ1) is 21.5. The average molecular weight is 390 g/mol. The molecular formula is C21H27O5P. The molecule has 1 unspecified atom stereocenters. The van der Waals surface area contributed by atoms with Crippen molar-refractivity contribution in [3.05, 3.63) is 64.7 Å². The van der Waals surface area contributed by atoms with Gasteiger partial charge in [0.25, 0.3) is 5.52 Å². The van der Waals surface area contributed by atoms with E-state index in [0.29, 0.717) is 24.1 Å². The molecule has 0 spiro atoms. The lowest BCUT2D eigenvalue weighted by Crippen LogP contribution is -2.19. The van der Waals surface area contributed by atoms with E-state index in [0.717, 1.165) is 16.7 Å². The summed E-state index contributed by atoms with van der Waals surface area (Å²) in [6, 6.07) is 12.5. The minimum absolute atomic E-state index is 0.0611. The van der Waals surface area contributed by atoms with Crippen molar-refractivity contribution in [3.63, 3.8) is 0 Å². The summed E-state index contributed by atoms with van der Waals surface area (Å²) < 4.78 is 29.7. The Bertz CT molecular complexity index is 794. The molecule has 146 valence electrons. The van der Waals surface area contributed by atoms with E-state index in [-0.39, 0.29) is 13.2 Å². The Morgan fingerprint density at radius 1 is 0.926 bits per heavy atom. The van der Waals surface area contributed by atoms with Gasteiger partial charge in [-0.15, -0.1) is 0 Å². The number of benzene rings is 2. The molecule has 0 aromatic heterocycles. The molecule has 0 saturated carbocycles. The first-order valence-electron chi connectivity index (χ1n) is 8.89. The minimum atomic E-state index is -3.76. The molecule has 5 nitrogen and oxygen atoms in total. The number of aryl methyl sites for hydroxylation is 3. The van der Waals surface area contributed by atoms with Crippen LogP contribution in [0, 0.1) is 20.8 Å². The van der Waals surface area contributed by atoms with Gasteiger partial charge in [0.15, 0.2) is 0 Å². The van der Waals surface area contributed by atoms with Crippen molar-refractivity contribution >= 4 is 18.2 Å². The zero-order chi connectivity index (χ0) is 19.9. The summed E-state index contributed by atoms with van der Waals surface area (Å²) in [4.78, 5) is 13.3. The van der Waals surface area contributed by atoms with E-state index in [9.17, 15) is 9.36 Å². The van der Waals surface area contributed by atoms with Crippen molar-refractivity contribution < 1.29 is 23.4 Å². The molecular weight excluding hydrogens is 363 g/mol. The molecule has 2 aromatic rings. The van der Waals surface area contributed by atoms with Crippen molar-refractivity contribution in [3.8, 4) is 0 Å². The van der Waals surface area contributed by atoms with Crippen LogP contribution in [0.5, 0.6) is 0 Å². The van der Waals surface area contributed by atoms with Crippen LogP contribution in [0.15, 0.2) is 42.5 Å². The Hall–Kier alpha value is -1.78. The molecule has 6 heteroatoms. The van der Waals surface area contributed by atoms with Gasteiger partial charge in [0.2, 0.25) is 0 Å². The standard InChI is InChI=1S/C21H27O5P/c1-16-14-17(2)20(18(3)15-16)21(22)27(23,19-8-6-5-7-9-19)26-13-12-25-11-10-24-4/h5-9,14-15H,10-13H2,1-4H3. The minimum Gasteiger partial charge on any atom is -0.382 e. The number of hydrogen-bond acceptors (Lipinski definition) is 5. The van der Waals surface area contributed by atoms with E-state index in [1.165, 1.54) is 0 Å². The first-order valence-corrected chi connectivity index (χ1v) is 10.5. The number of ether oxygens (including phenoxy) is 2. The molecule has 0 fully saturated rings. The molecule has 0 aliphatic carbocycles. The van der Waals surface area contributed by atoms with Gasteiger partial charge in [0.1, 0.15) is 0 Å². The highest BCUT2D eigenvalue weighted by molar-refractivity contribution is 7.83. The number of carbonyl (C=O) groups is 1. The van der Waals surface area contributed by atoms with Gasteiger partial charge in [-0.2, -0.15) is 0 Å². The quantitative estimate of drug-likeness (QED) is 0.453. The lowest BCUT2D eigenvalue weighted by molar-refractivity contribution is 0.0548. The van der Waals surface area contributed by atoms with E-state index >= 15 is 0 Å². The topological polar surface area (TPSA) is 61.8 Å². The number of carbonyl (C=O) groups excluding carboxylic acids is 1. The Kier molecular flexibility index (Phi) is 7.93. The maximum atomic E-state index is 13.7. The second-order valence-electron chi connectivity index (χ2n) is 6.40. The molecule has 1 atom stereocenters. The predicted molar refractivity (Wildman–Crippen MR) is 107 cm³/mol. The average Bonchev–Trinajstić information content (AvgIpc) is 2.64. The van der Waals surface area contributed by atoms with Gasteiger partial charge in [0, 0.05) is 18.0 Å². The molecule has 27 heavy (non-hydrogen) atoms. The molecule has 0 amide bonds. The van der Waals surface area contributed by atoms with Crippen molar-refractivity contribution in [2.45, 2.75) is 20.8 Å². The third kappa shape index (κ3) is 5.36. The summed E-state index contributed by atoms with van der Waals surface area (Å²) >= 11 is 0. The van der Waals surface area contributed by atoms with Crippen LogP contribution in [-0.4, -0.2) is 39.1 Å². The summed E-state index contributed by atoms with van der Waals surface area (Å²) in [6.45, 7) is 6.87. The van der Waals surface area contributed by atoms with Gasteiger partial charge < -0.3 is 14.0 Å². The molecule has 0 aliphatic heterocycles. The zero-order valence-corrected chi connectivity index (χ0v) is 17.3. The Labute approximate surface area is 161 Å². The monoisotopic (exact) mass is 390 g/mol. The van der Waals surface area contributed by atoms with Crippen LogP contribution < -0.4 is 5.30 Å². The summed E-state index contributed by atoms with van der Waals surface area (Å²) in [5, 5.41) is 0.395. The fourth-order valence-corrected chi connectivity index (χ4v) is 5.05. The van der Waals surface area contributed by atoms with Crippen LogP contribution >= 0.6 is 7.37 Å². The Balaban J connectivity index is 2.30. The van der Waals surface area contributed by atoms with Gasteiger partial charge in [-0.25, -0.2) is 0 Å². The zero-order valence-electron chi connectivity index (χ0n) is 16.4. The van der Waals surface area contributed by atoms with Crippen LogP contribution in [0.3, 0.4) is 0 Å². The van der Waals surface area contributed by atoms with Crippen molar-refractivity contribution in [1.29, 1.82) is 0 Å². The number of rotatable bonds is 10. The van der Waals surface area contributed by atoms with Crippen LogP contribution in [0.4, 0.5) is 0 Å². The highest BCUT2D eigenvalue weighted by atomic mass is 31.2. The van der Waals surface area contributed by atoms with Gasteiger partial charge in [-0.05, 0) is 44.0 Å². The lowest BCUT2D eigenvalue weighted by Gasteiger charge is -2.20. The second kappa shape index (κ2) is 9.95. The third-order valence-electron chi connectivity index (χ3n) is 4.19. The van der Waals surface area contributed by atoms with Crippen LogP contribution in [0.25, 0.3) is 0 Å². The van der Waals surface area contributed by atoms with E-state index < -0.39 is 12.9 Å². The summed E-state index contributed by atoms with van der Waals surface area (Å²) in [5.41, 5.74) is 2.65. The van der Waals surface area contributed by atoms with Crippen LogP contribution in [0.2, 0.25) is 0 Å². The molecule has 0 N–H and O–H groups in total. The van der Waals surface area contributed by atoms with Gasteiger partial charge in [0.05, 0.1) is 26.4 Å². The summed E-state index contributed by atoms with van der Waals surface area (Å²) in [7, 11) is -2.17. The largest absolute Gasteiger partial charge is 0.382 e. The Morgan fingerprint density at radius 3 is 2.11 bits per heavy atom. The third-order valence-corrected chi connectivity index (χ3v) is 6.47. The first-order chi connectivity index (χ1) is 12.9. The molecule has 0 bridgehead atoms. The summed E-state index contributed by atoms with van der Waals surface area (Å²) in [6.07, 6.45) is 0. The molecule has 0 aliphatic rings. The van der Waals surface area contributed by atoms with Crippen molar-refractivity contribution in [2.75, 3.05) is 33.5 Å². The lowest BCUT2D eigenvalue weighted by atomic mass is 10.0. The molecule has 0 saturated heterocycles. The maximum absolute atomic E-state index is 13.7. The molecule has 2 aromatic carbocycles. The molecule has 0 heterocycles. The summed E-state index contributed by atoms with van der Waals surface area (Å²) in [5.74, 6) is 0. The highest BCUT2D eigenvalue weighted by Crippen LogP contribution is 2.50. The van der Waals surface area contributed by atoms with Crippen molar-refractivity contribution in [2.24, 2.45) is 0 Å². The van der Waals surface area contributed by atoms with Gasteiger partial charge in [-0.3, -0.25) is 9.36 Å². The van der Waals surface area contributed by atoms with Gasteiger partial charge >= 0.3 is 7.37 Å². The predicted octanol–water partition coefficient (Wildman–Crippen LogP) is 4.04. The fraction of sp³-hybridized carbons (Fsp3) is 0.381. The van der Waals surface area contributed by atoms with Crippen molar-refractivity contribution in [1.82, 2.24) is 0 Å². The maximum Gasteiger partial charge on any atom is 0.300 e. The molecule has 2 rings (SSSR count). The van der Waals surface area contributed by atoms with E-state index in [1.54, 1.807) is 31.4 Å². The smallest absolute Gasteiger partial charge is 0.300 e. The Morgan fingerprint density at radius 2 is 1.52 bits per heavy atom. The van der Waals surface area contributed by atoms with Crippen LogP contribution in [-0.2, 0) is 18.6 Å². The normalized spacial score (nSPS) is 13.3. The SMILES string of the molecule is COCCOCCOP(=O)(C(=O)c1c(C)cc(C)cc1C)c1ccccc1. The molecule has 0 radical (unpaired) electrons.